The lowest BCUT2D eigenvalue weighted by Crippen LogP contribution is -2.52. The van der Waals surface area contributed by atoms with E-state index in [9.17, 15) is 5.11 Å². The monoisotopic (exact) mass is 222 g/mol. The Morgan fingerprint density at radius 1 is 1.38 bits per heavy atom. The molecular weight excluding hydrogens is 204 g/mol. The number of ether oxygens (including phenoxy) is 2. The zero-order valence-electron chi connectivity index (χ0n) is 9.93. The van der Waals surface area contributed by atoms with Crippen molar-refractivity contribution < 1.29 is 14.6 Å². The summed E-state index contributed by atoms with van der Waals surface area (Å²) in [6, 6.07) is 7.81. The van der Waals surface area contributed by atoms with Gasteiger partial charge < -0.3 is 14.6 Å². The molecular formula is C13H18O3. The summed E-state index contributed by atoms with van der Waals surface area (Å²) in [5.74, 6) is 0.835. The summed E-state index contributed by atoms with van der Waals surface area (Å²) in [6.07, 6.45) is 0.0861. The van der Waals surface area contributed by atoms with Crippen LogP contribution in [0, 0.1) is 5.41 Å². The quantitative estimate of drug-likeness (QED) is 0.851. The molecule has 1 aromatic carbocycles. The molecule has 0 saturated carbocycles. The van der Waals surface area contributed by atoms with Crippen molar-refractivity contribution in [3.8, 4) is 5.75 Å². The van der Waals surface area contributed by atoms with Gasteiger partial charge in [0.25, 0.3) is 0 Å². The second-order valence-corrected chi connectivity index (χ2v) is 4.60. The molecule has 16 heavy (non-hydrogen) atoms. The van der Waals surface area contributed by atoms with E-state index in [0.29, 0.717) is 0 Å². The summed E-state index contributed by atoms with van der Waals surface area (Å²) in [7, 11) is 1.65. The van der Waals surface area contributed by atoms with Crippen molar-refractivity contribution in [1.29, 1.82) is 0 Å². The van der Waals surface area contributed by atoms with Gasteiger partial charge in [0.15, 0.2) is 0 Å². The predicted octanol–water partition coefficient (Wildman–Crippen LogP) is 2.15. The van der Waals surface area contributed by atoms with Crippen molar-refractivity contribution in [2.45, 2.75) is 26.1 Å². The van der Waals surface area contributed by atoms with Crippen molar-refractivity contribution >= 4 is 0 Å². The third-order valence-corrected chi connectivity index (χ3v) is 3.63. The van der Waals surface area contributed by atoms with Gasteiger partial charge in [0.2, 0.25) is 0 Å². The van der Waals surface area contributed by atoms with Gasteiger partial charge in [-0.1, -0.05) is 19.1 Å². The zero-order chi connectivity index (χ0) is 11.8. The largest absolute Gasteiger partial charge is 0.497 e. The van der Waals surface area contributed by atoms with Gasteiger partial charge in [-0.15, -0.1) is 0 Å². The van der Waals surface area contributed by atoms with Crippen LogP contribution in [0.2, 0.25) is 0 Å². The lowest BCUT2D eigenvalue weighted by atomic mass is 9.72. The number of hydrogen-bond donors (Lipinski definition) is 1. The van der Waals surface area contributed by atoms with Crippen LogP contribution in [0.25, 0.3) is 0 Å². The minimum Gasteiger partial charge on any atom is -0.497 e. The Balaban J connectivity index is 2.19. The van der Waals surface area contributed by atoms with Gasteiger partial charge in [-0.2, -0.15) is 0 Å². The standard InChI is InChI=1S/C13H18O3/c1-9-13(2,8-14)12(16-9)10-4-6-11(15-3)7-5-10/h4-7,9,12,14H,8H2,1-3H3. The zero-order valence-corrected chi connectivity index (χ0v) is 9.93. The van der Waals surface area contributed by atoms with Gasteiger partial charge in [0.1, 0.15) is 5.75 Å². The average molecular weight is 222 g/mol. The highest BCUT2D eigenvalue weighted by atomic mass is 16.5. The highest BCUT2D eigenvalue weighted by molar-refractivity contribution is 5.31. The second kappa shape index (κ2) is 4.07. The third kappa shape index (κ3) is 1.60. The fourth-order valence-corrected chi connectivity index (χ4v) is 2.11. The Kier molecular flexibility index (Phi) is 2.91. The molecule has 3 unspecified atom stereocenters. The summed E-state index contributed by atoms with van der Waals surface area (Å²) >= 11 is 0. The molecule has 0 bridgehead atoms. The van der Waals surface area contributed by atoms with Crippen LogP contribution in [0.5, 0.6) is 5.75 Å². The molecule has 3 heteroatoms. The number of methoxy groups -OCH3 is 1. The minimum atomic E-state index is -0.172. The lowest BCUT2D eigenvalue weighted by molar-refractivity contribution is -0.252. The summed E-state index contributed by atoms with van der Waals surface area (Å²) < 4.78 is 10.8. The fourth-order valence-electron chi connectivity index (χ4n) is 2.11. The van der Waals surface area contributed by atoms with Crippen molar-refractivity contribution in [1.82, 2.24) is 0 Å². The van der Waals surface area contributed by atoms with E-state index in [1.807, 2.05) is 31.2 Å². The van der Waals surface area contributed by atoms with E-state index < -0.39 is 0 Å². The first-order valence-electron chi connectivity index (χ1n) is 5.52. The van der Waals surface area contributed by atoms with Gasteiger partial charge in [-0.25, -0.2) is 0 Å². The first kappa shape index (κ1) is 11.4. The second-order valence-electron chi connectivity index (χ2n) is 4.60. The molecule has 3 nitrogen and oxygen atoms in total. The van der Waals surface area contributed by atoms with E-state index in [2.05, 4.69) is 6.92 Å². The van der Waals surface area contributed by atoms with Crippen LogP contribution in [-0.4, -0.2) is 24.9 Å². The van der Waals surface area contributed by atoms with E-state index in [0.717, 1.165) is 11.3 Å². The van der Waals surface area contributed by atoms with Crippen LogP contribution in [0.4, 0.5) is 0 Å². The Morgan fingerprint density at radius 2 is 2.00 bits per heavy atom. The van der Waals surface area contributed by atoms with E-state index in [1.54, 1.807) is 7.11 Å². The third-order valence-electron chi connectivity index (χ3n) is 3.63. The molecule has 0 spiro atoms. The number of hydrogen-bond acceptors (Lipinski definition) is 3. The lowest BCUT2D eigenvalue weighted by Gasteiger charge is -2.51. The summed E-state index contributed by atoms with van der Waals surface area (Å²) in [5.41, 5.74) is 0.921. The fraction of sp³-hybridized carbons (Fsp3) is 0.538. The summed E-state index contributed by atoms with van der Waals surface area (Å²) in [4.78, 5) is 0. The molecule has 88 valence electrons. The van der Waals surface area contributed by atoms with Crippen molar-refractivity contribution in [2.24, 2.45) is 5.41 Å². The molecule has 1 N–H and O–H groups in total. The smallest absolute Gasteiger partial charge is 0.118 e. The van der Waals surface area contributed by atoms with Crippen LogP contribution in [-0.2, 0) is 4.74 Å². The molecule has 3 atom stereocenters. The van der Waals surface area contributed by atoms with Crippen LogP contribution in [0.1, 0.15) is 25.5 Å². The maximum atomic E-state index is 9.44. The molecule has 1 aromatic rings. The molecule has 1 fully saturated rings. The highest BCUT2D eigenvalue weighted by Crippen LogP contribution is 2.50. The summed E-state index contributed by atoms with van der Waals surface area (Å²) in [5, 5.41) is 9.44. The van der Waals surface area contributed by atoms with Crippen LogP contribution >= 0.6 is 0 Å². The highest BCUT2D eigenvalue weighted by Gasteiger charge is 2.51. The van der Waals surface area contributed by atoms with Crippen molar-refractivity contribution in [3.05, 3.63) is 29.8 Å². The van der Waals surface area contributed by atoms with Crippen LogP contribution in [0.3, 0.4) is 0 Å². The Bertz CT molecular complexity index is 360. The van der Waals surface area contributed by atoms with E-state index in [4.69, 9.17) is 9.47 Å². The predicted molar refractivity (Wildman–Crippen MR) is 61.5 cm³/mol. The Hall–Kier alpha value is -1.06. The summed E-state index contributed by atoms with van der Waals surface area (Å²) in [6.45, 7) is 4.19. The van der Waals surface area contributed by atoms with E-state index >= 15 is 0 Å². The molecule has 0 amide bonds. The normalized spacial score (nSPS) is 33.2. The topological polar surface area (TPSA) is 38.7 Å². The SMILES string of the molecule is COc1ccc(C2OC(C)C2(C)CO)cc1. The first-order chi connectivity index (χ1) is 7.61. The number of aliphatic hydroxyl groups is 1. The maximum Gasteiger partial charge on any atom is 0.118 e. The molecule has 1 saturated heterocycles. The van der Waals surface area contributed by atoms with Crippen LogP contribution in [0.15, 0.2) is 24.3 Å². The van der Waals surface area contributed by atoms with Gasteiger partial charge in [-0.3, -0.25) is 0 Å². The number of rotatable bonds is 3. The van der Waals surface area contributed by atoms with Crippen LogP contribution < -0.4 is 4.74 Å². The van der Waals surface area contributed by atoms with E-state index in [1.165, 1.54) is 0 Å². The molecule has 1 aliphatic heterocycles. The van der Waals surface area contributed by atoms with Gasteiger partial charge in [-0.05, 0) is 24.6 Å². The van der Waals surface area contributed by atoms with Gasteiger partial charge in [0, 0.05) is 5.41 Å². The average Bonchev–Trinajstić information content (AvgIpc) is 2.35. The Morgan fingerprint density at radius 3 is 2.44 bits per heavy atom. The number of benzene rings is 1. The first-order valence-corrected chi connectivity index (χ1v) is 5.52. The Labute approximate surface area is 96.0 Å². The number of aliphatic hydroxyl groups excluding tert-OH is 1. The van der Waals surface area contributed by atoms with Gasteiger partial charge >= 0.3 is 0 Å². The maximum absolute atomic E-state index is 9.44. The molecule has 0 radical (unpaired) electrons. The minimum absolute atomic E-state index is 0.0154. The molecule has 2 rings (SSSR count). The van der Waals surface area contributed by atoms with Gasteiger partial charge in [0.05, 0.1) is 25.9 Å². The molecule has 0 aliphatic carbocycles. The van der Waals surface area contributed by atoms with E-state index in [-0.39, 0.29) is 24.2 Å². The molecule has 1 aliphatic rings. The molecule has 0 aromatic heterocycles. The molecule has 1 heterocycles. The van der Waals surface area contributed by atoms with Crippen molar-refractivity contribution in [2.75, 3.05) is 13.7 Å². The van der Waals surface area contributed by atoms with Crippen molar-refractivity contribution in [3.63, 3.8) is 0 Å².